The van der Waals surface area contributed by atoms with Crippen molar-refractivity contribution in [3.8, 4) is 0 Å². The summed E-state index contributed by atoms with van der Waals surface area (Å²) in [6.45, 7) is 0.371. The molecule has 0 saturated carbocycles. The van der Waals surface area contributed by atoms with Crippen LogP contribution in [-0.2, 0) is 14.3 Å². The maximum absolute atomic E-state index is 11.5. The Morgan fingerprint density at radius 2 is 1.95 bits per heavy atom. The van der Waals surface area contributed by atoms with Gasteiger partial charge in [-0.25, -0.2) is 14.4 Å². The molecule has 0 aliphatic carbocycles. The Labute approximate surface area is 121 Å². The predicted octanol–water partition coefficient (Wildman–Crippen LogP) is -0.363. The quantitative estimate of drug-likeness (QED) is 0.592. The molecule has 21 heavy (non-hydrogen) atoms. The van der Waals surface area contributed by atoms with Gasteiger partial charge in [0, 0.05) is 13.1 Å². The van der Waals surface area contributed by atoms with Gasteiger partial charge in [0.05, 0.1) is 20.3 Å². The number of nitrogens with one attached hydrogen (secondary N) is 1. The number of likely N-dealkylation sites (tertiary alicyclic amines) is 1. The van der Waals surface area contributed by atoms with Crippen LogP contribution in [0.2, 0.25) is 0 Å². The fourth-order valence-electron chi connectivity index (χ4n) is 1.99. The van der Waals surface area contributed by atoms with Crippen molar-refractivity contribution in [2.24, 2.45) is 5.92 Å². The van der Waals surface area contributed by atoms with Gasteiger partial charge >= 0.3 is 18.2 Å². The zero-order valence-corrected chi connectivity index (χ0v) is 11.8. The number of ether oxygens (including phenoxy) is 2. The second-order valence-electron chi connectivity index (χ2n) is 4.71. The Bertz CT molecular complexity index is 380. The Hall–Kier alpha value is -2.03. The van der Waals surface area contributed by atoms with Gasteiger partial charge in [0.2, 0.25) is 0 Å². The number of aliphatic hydroxyl groups is 1. The van der Waals surface area contributed by atoms with E-state index in [1.54, 1.807) is 0 Å². The third-order valence-electron chi connectivity index (χ3n) is 3.30. The predicted molar refractivity (Wildman–Crippen MR) is 69.7 cm³/mol. The van der Waals surface area contributed by atoms with Crippen LogP contribution in [-0.4, -0.2) is 72.7 Å². The molecule has 1 aliphatic heterocycles. The number of amides is 2. The topological polar surface area (TPSA) is 125 Å². The molecule has 120 valence electrons. The molecule has 9 heteroatoms. The van der Waals surface area contributed by atoms with Gasteiger partial charge < -0.3 is 29.9 Å². The number of carbonyl (C=O) groups is 3. The van der Waals surface area contributed by atoms with Crippen LogP contribution in [0.25, 0.3) is 0 Å². The van der Waals surface area contributed by atoms with Gasteiger partial charge in [0.15, 0.2) is 6.04 Å². The monoisotopic (exact) mass is 304 g/mol. The van der Waals surface area contributed by atoms with Gasteiger partial charge in [-0.05, 0) is 18.8 Å². The molecule has 0 unspecified atom stereocenters. The maximum atomic E-state index is 11.5. The molecular formula is C12H20N2O7. The summed E-state index contributed by atoms with van der Waals surface area (Å²) in [4.78, 5) is 34.7. The molecule has 1 saturated heterocycles. The van der Waals surface area contributed by atoms with Crippen molar-refractivity contribution in [2.45, 2.75) is 18.9 Å². The summed E-state index contributed by atoms with van der Waals surface area (Å²) in [7, 11) is 1.15. The molecule has 1 heterocycles. The highest BCUT2D eigenvalue weighted by molar-refractivity contribution is 5.81. The second kappa shape index (κ2) is 8.30. The standard InChI is InChI=1S/C12H20N2O7/c1-20-10(16)9(6-15)13-11(17)21-7-8-2-4-14(5-3-8)12(18)19/h8-9,15H,2-7H2,1H3,(H,13,17)(H,18,19)/t9-/m0/s1. The highest BCUT2D eigenvalue weighted by Crippen LogP contribution is 2.17. The minimum Gasteiger partial charge on any atom is -0.467 e. The Balaban J connectivity index is 2.27. The van der Waals surface area contributed by atoms with Gasteiger partial charge in [-0.2, -0.15) is 0 Å². The number of alkyl carbamates (subject to hydrolysis) is 1. The molecule has 0 bridgehead atoms. The van der Waals surface area contributed by atoms with E-state index in [9.17, 15) is 14.4 Å². The molecule has 1 rings (SSSR count). The maximum Gasteiger partial charge on any atom is 0.407 e. The molecule has 0 spiro atoms. The van der Waals surface area contributed by atoms with Gasteiger partial charge in [-0.15, -0.1) is 0 Å². The first-order chi connectivity index (χ1) is 9.97. The van der Waals surface area contributed by atoms with Crippen molar-refractivity contribution in [3.63, 3.8) is 0 Å². The lowest BCUT2D eigenvalue weighted by Crippen LogP contribution is -2.45. The first-order valence-corrected chi connectivity index (χ1v) is 6.57. The zero-order chi connectivity index (χ0) is 15.8. The fraction of sp³-hybridized carbons (Fsp3) is 0.750. The zero-order valence-electron chi connectivity index (χ0n) is 11.8. The SMILES string of the molecule is COC(=O)[C@H](CO)NC(=O)OCC1CCN(C(=O)O)CC1. The number of nitrogens with zero attached hydrogens (tertiary/aromatic N) is 1. The summed E-state index contributed by atoms with van der Waals surface area (Å²) in [5.41, 5.74) is 0. The van der Waals surface area contributed by atoms with Crippen LogP contribution in [0, 0.1) is 5.92 Å². The van der Waals surface area contributed by atoms with Gasteiger partial charge in [0.25, 0.3) is 0 Å². The summed E-state index contributed by atoms with van der Waals surface area (Å²) < 4.78 is 9.37. The summed E-state index contributed by atoms with van der Waals surface area (Å²) in [6, 6.07) is -1.16. The van der Waals surface area contributed by atoms with Crippen LogP contribution in [0.1, 0.15) is 12.8 Å². The molecule has 2 amide bonds. The minimum atomic E-state index is -1.16. The molecule has 1 aliphatic rings. The van der Waals surface area contributed by atoms with E-state index in [4.69, 9.17) is 14.9 Å². The Morgan fingerprint density at radius 1 is 1.33 bits per heavy atom. The highest BCUT2D eigenvalue weighted by atomic mass is 16.6. The minimum absolute atomic E-state index is 0.0806. The number of hydrogen-bond donors (Lipinski definition) is 3. The van der Waals surface area contributed by atoms with Crippen LogP contribution in [0.4, 0.5) is 9.59 Å². The van der Waals surface area contributed by atoms with Gasteiger partial charge in [0.1, 0.15) is 0 Å². The van der Waals surface area contributed by atoms with Crippen LogP contribution >= 0.6 is 0 Å². The van der Waals surface area contributed by atoms with Crippen LogP contribution < -0.4 is 5.32 Å². The normalized spacial score (nSPS) is 17.0. The number of rotatable bonds is 5. The number of aliphatic hydroxyl groups excluding tert-OH is 1. The number of carbonyl (C=O) groups excluding carboxylic acids is 2. The van der Waals surface area contributed by atoms with E-state index >= 15 is 0 Å². The average molecular weight is 304 g/mol. The van der Waals surface area contributed by atoms with E-state index < -0.39 is 30.8 Å². The number of piperidine rings is 1. The molecular weight excluding hydrogens is 284 g/mol. The molecule has 1 atom stereocenters. The first-order valence-electron chi connectivity index (χ1n) is 6.57. The molecule has 3 N–H and O–H groups in total. The van der Waals surface area contributed by atoms with Crippen molar-refractivity contribution in [1.82, 2.24) is 10.2 Å². The number of carboxylic acid groups (broad SMARTS) is 1. The number of esters is 1. The summed E-state index contributed by atoms with van der Waals surface area (Å²) >= 11 is 0. The van der Waals surface area contributed by atoms with Crippen LogP contribution in [0.5, 0.6) is 0 Å². The third kappa shape index (κ3) is 5.46. The van der Waals surface area contributed by atoms with E-state index in [0.29, 0.717) is 25.9 Å². The molecule has 0 aromatic heterocycles. The van der Waals surface area contributed by atoms with Crippen LogP contribution in [0.15, 0.2) is 0 Å². The lowest BCUT2D eigenvalue weighted by Gasteiger charge is -2.29. The number of methoxy groups -OCH3 is 1. The van der Waals surface area contributed by atoms with E-state index in [1.165, 1.54) is 4.90 Å². The van der Waals surface area contributed by atoms with Crippen molar-refractivity contribution in [2.75, 3.05) is 33.4 Å². The third-order valence-corrected chi connectivity index (χ3v) is 3.30. The Kier molecular flexibility index (Phi) is 6.73. The van der Waals surface area contributed by atoms with E-state index in [0.717, 1.165) is 7.11 Å². The summed E-state index contributed by atoms with van der Waals surface area (Å²) in [6.07, 6.45) is -0.545. The van der Waals surface area contributed by atoms with Gasteiger partial charge in [-0.3, -0.25) is 0 Å². The van der Waals surface area contributed by atoms with Crippen molar-refractivity contribution >= 4 is 18.2 Å². The molecule has 0 aromatic carbocycles. The summed E-state index contributed by atoms with van der Waals surface area (Å²) in [5, 5.41) is 19.9. The molecule has 1 fully saturated rings. The molecule has 0 aromatic rings. The van der Waals surface area contributed by atoms with Crippen molar-refractivity contribution in [1.29, 1.82) is 0 Å². The van der Waals surface area contributed by atoms with E-state index in [-0.39, 0.29) is 12.5 Å². The van der Waals surface area contributed by atoms with Crippen LogP contribution in [0.3, 0.4) is 0 Å². The fourth-order valence-corrected chi connectivity index (χ4v) is 1.99. The highest BCUT2D eigenvalue weighted by Gasteiger charge is 2.25. The van der Waals surface area contributed by atoms with Gasteiger partial charge in [-0.1, -0.05) is 0 Å². The average Bonchev–Trinajstić information content (AvgIpc) is 2.50. The Morgan fingerprint density at radius 3 is 2.43 bits per heavy atom. The number of hydrogen-bond acceptors (Lipinski definition) is 6. The van der Waals surface area contributed by atoms with Crippen molar-refractivity contribution < 1.29 is 34.1 Å². The lowest BCUT2D eigenvalue weighted by molar-refractivity contribution is -0.144. The summed E-state index contributed by atoms with van der Waals surface area (Å²) in [5.74, 6) is -0.679. The molecule has 0 radical (unpaired) electrons. The van der Waals surface area contributed by atoms with E-state index in [2.05, 4.69) is 10.1 Å². The second-order valence-corrected chi connectivity index (χ2v) is 4.71. The van der Waals surface area contributed by atoms with Crippen molar-refractivity contribution in [3.05, 3.63) is 0 Å². The largest absolute Gasteiger partial charge is 0.467 e. The molecule has 9 nitrogen and oxygen atoms in total. The van der Waals surface area contributed by atoms with E-state index in [1.807, 2.05) is 0 Å². The smallest absolute Gasteiger partial charge is 0.407 e. The lowest BCUT2D eigenvalue weighted by atomic mass is 9.98. The first kappa shape index (κ1) is 17.0.